The van der Waals surface area contributed by atoms with Crippen molar-refractivity contribution in [3.63, 3.8) is 0 Å². The Morgan fingerprint density at radius 1 is 1.32 bits per heavy atom. The number of hydrogen-bond acceptors (Lipinski definition) is 3. The van der Waals surface area contributed by atoms with Crippen LogP contribution in [-0.4, -0.2) is 23.7 Å². The van der Waals surface area contributed by atoms with Crippen LogP contribution in [0.2, 0.25) is 0 Å². The average Bonchev–Trinajstić information content (AvgIpc) is 2.35. The zero-order valence-corrected chi connectivity index (χ0v) is 10.9. The molecule has 1 rings (SSSR count). The molecule has 0 heterocycles. The molecule has 0 radical (unpaired) electrons. The molecule has 3 nitrogen and oxygen atoms in total. The van der Waals surface area contributed by atoms with Gasteiger partial charge in [0.05, 0.1) is 12.2 Å². The normalized spacial score (nSPS) is 12.1. The fourth-order valence-electron chi connectivity index (χ4n) is 1.47. The first-order valence-electron chi connectivity index (χ1n) is 5.30. The van der Waals surface area contributed by atoms with Gasteiger partial charge in [0.25, 0.3) is 0 Å². The number of rotatable bonds is 4. The fraction of sp³-hybridized carbons (Fsp3) is 0.333. The van der Waals surface area contributed by atoms with E-state index in [1.807, 2.05) is 0 Å². The van der Waals surface area contributed by atoms with Gasteiger partial charge in [0.15, 0.2) is 22.8 Å². The number of benzene rings is 1. The Labute approximate surface area is 112 Å². The summed E-state index contributed by atoms with van der Waals surface area (Å²) in [6.45, 7) is 2.49. The molecule has 0 bridgehead atoms. The van der Waals surface area contributed by atoms with Crippen LogP contribution in [0.3, 0.4) is 0 Å². The largest absolute Gasteiger partial charge is 0.465 e. The number of alkyl halides is 1. The van der Waals surface area contributed by atoms with Crippen LogP contribution >= 0.6 is 11.6 Å². The number of esters is 1. The quantitative estimate of drug-likeness (QED) is 0.282. The van der Waals surface area contributed by atoms with Crippen molar-refractivity contribution in [2.24, 2.45) is 0 Å². The summed E-state index contributed by atoms with van der Waals surface area (Å²) in [6, 6.07) is 0.227. The molecule has 0 aliphatic rings. The number of carbonyl (C=O) groups is 2. The highest BCUT2D eigenvalue weighted by Gasteiger charge is 2.31. The van der Waals surface area contributed by atoms with Gasteiger partial charge in [-0.05, 0) is 13.8 Å². The predicted molar refractivity (Wildman–Crippen MR) is 61.7 cm³/mol. The third-order valence-corrected chi connectivity index (χ3v) is 2.75. The van der Waals surface area contributed by atoms with Gasteiger partial charge in [-0.25, -0.2) is 18.0 Å². The number of hydrogen-bond donors (Lipinski definition) is 0. The zero-order chi connectivity index (χ0) is 14.7. The summed E-state index contributed by atoms with van der Waals surface area (Å²) in [5.41, 5.74) is -1.30. The van der Waals surface area contributed by atoms with Crippen molar-refractivity contribution < 1.29 is 27.5 Å². The lowest BCUT2D eigenvalue weighted by Crippen LogP contribution is -2.28. The maximum atomic E-state index is 13.5. The van der Waals surface area contributed by atoms with E-state index in [0.717, 1.165) is 6.92 Å². The molecule has 0 aliphatic carbocycles. The summed E-state index contributed by atoms with van der Waals surface area (Å²) in [4.78, 5) is 23.1. The Morgan fingerprint density at radius 3 is 2.42 bits per heavy atom. The van der Waals surface area contributed by atoms with E-state index in [2.05, 4.69) is 4.74 Å². The Kier molecular flexibility index (Phi) is 4.94. The highest BCUT2D eigenvalue weighted by molar-refractivity contribution is 6.43. The lowest BCUT2D eigenvalue weighted by molar-refractivity contribution is -0.141. The van der Waals surface area contributed by atoms with Gasteiger partial charge in [-0.1, -0.05) is 0 Å². The van der Waals surface area contributed by atoms with Crippen molar-refractivity contribution in [3.05, 3.63) is 34.6 Å². The third kappa shape index (κ3) is 3.07. The Morgan fingerprint density at radius 2 is 1.89 bits per heavy atom. The number of ketones is 1. The van der Waals surface area contributed by atoms with E-state index >= 15 is 0 Å². The first-order valence-corrected chi connectivity index (χ1v) is 5.73. The van der Waals surface area contributed by atoms with Crippen molar-refractivity contribution in [1.82, 2.24) is 0 Å². The molecule has 104 valence electrons. The van der Waals surface area contributed by atoms with Gasteiger partial charge in [-0.3, -0.25) is 4.79 Å². The molecule has 0 aromatic heterocycles. The van der Waals surface area contributed by atoms with Crippen molar-refractivity contribution in [2.45, 2.75) is 19.2 Å². The molecule has 0 saturated heterocycles. The molecule has 0 fully saturated rings. The van der Waals surface area contributed by atoms with Crippen LogP contribution < -0.4 is 0 Å². The lowest BCUT2D eigenvalue weighted by Gasteiger charge is -2.11. The SMILES string of the molecule is CCOC(=O)C(Cl)C(=O)c1c(F)cc(F)c(F)c1C. The summed E-state index contributed by atoms with van der Waals surface area (Å²) in [5, 5.41) is -1.81. The summed E-state index contributed by atoms with van der Waals surface area (Å²) >= 11 is 5.52. The van der Waals surface area contributed by atoms with Crippen molar-refractivity contribution in [1.29, 1.82) is 0 Å². The second kappa shape index (κ2) is 6.06. The van der Waals surface area contributed by atoms with E-state index in [0.29, 0.717) is 0 Å². The van der Waals surface area contributed by atoms with E-state index < -0.39 is 45.7 Å². The van der Waals surface area contributed by atoms with Crippen LogP contribution in [0.25, 0.3) is 0 Å². The summed E-state index contributed by atoms with van der Waals surface area (Å²) < 4.78 is 44.2. The van der Waals surface area contributed by atoms with Gasteiger partial charge in [0, 0.05) is 11.6 Å². The molecule has 1 aromatic rings. The molecule has 19 heavy (non-hydrogen) atoms. The topological polar surface area (TPSA) is 43.4 Å². The van der Waals surface area contributed by atoms with Crippen molar-refractivity contribution in [2.75, 3.05) is 6.61 Å². The highest BCUT2D eigenvalue weighted by atomic mass is 35.5. The maximum absolute atomic E-state index is 13.5. The molecule has 1 aromatic carbocycles. The number of ether oxygens (including phenoxy) is 1. The van der Waals surface area contributed by atoms with E-state index in [4.69, 9.17) is 11.6 Å². The van der Waals surface area contributed by atoms with Gasteiger partial charge in [0.1, 0.15) is 5.82 Å². The average molecular weight is 295 g/mol. The van der Waals surface area contributed by atoms with Crippen LogP contribution in [0.1, 0.15) is 22.8 Å². The zero-order valence-electron chi connectivity index (χ0n) is 10.1. The first kappa shape index (κ1) is 15.5. The number of Topliss-reactive ketones (excluding diaryl/α,β-unsaturated/α-hetero) is 1. The molecular weight excluding hydrogens is 285 g/mol. The summed E-state index contributed by atoms with van der Waals surface area (Å²) in [7, 11) is 0. The van der Waals surface area contributed by atoms with Crippen LogP contribution in [0.4, 0.5) is 13.2 Å². The second-order valence-electron chi connectivity index (χ2n) is 3.63. The number of carbonyl (C=O) groups excluding carboxylic acids is 2. The van der Waals surface area contributed by atoms with Crippen LogP contribution in [0, 0.1) is 24.4 Å². The van der Waals surface area contributed by atoms with Crippen molar-refractivity contribution in [3.8, 4) is 0 Å². The Balaban J connectivity index is 3.20. The predicted octanol–water partition coefficient (Wildman–Crippen LogP) is 2.77. The van der Waals surface area contributed by atoms with Gasteiger partial charge >= 0.3 is 5.97 Å². The molecule has 0 saturated carbocycles. The molecule has 1 unspecified atom stereocenters. The van der Waals surface area contributed by atoms with E-state index in [9.17, 15) is 22.8 Å². The summed E-state index contributed by atoms with van der Waals surface area (Å²) in [5.74, 6) is -6.31. The van der Waals surface area contributed by atoms with Crippen LogP contribution in [0.15, 0.2) is 6.07 Å². The molecule has 1 atom stereocenters. The monoisotopic (exact) mass is 294 g/mol. The van der Waals surface area contributed by atoms with E-state index in [1.165, 1.54) is 6.92 Å². The molecule has 0 amide bonds. The molecular formula is C12H10ClF3O3. The fourth-order valence-corrected chi connectivity index (χ4v) is 1.64. The maximum Gasteiger partial charge on any atom is 0.332 e. The molecule has 7 heteroatoms. The molecule has 0 N–H and O–H groups in total. The molecule has 0 aliphatic heterocycles. The number of halogens is 4. The standard InChI is InChI=1S/C12H10ClF3O3/c1-3-19-12(18)9(13)11(17)8-5(2)10(16)7(15)4-6(8)14/h4,9H,3H2,1-2H3. The van der Waals surface area contributed by atoms with Gasteiger partial charge in [-0.2, -0.15) is 0 Å². The third-order valence-electron chi connectivity index (χ3n) is 2.38. The lowest BCUT2D eigenvalue weighted by atomic mass is 10.0. The van der Waals surface area contributed by atoms with E-state index in [1.54, 1.807) is 0 Å². The van der Waals surface area contributed by atoms with Gasteiger partial charge in [-0.15, -0.1) is 11.6 Å². The van der Waals surface area contributed by atoms with E-state index in [-0.39, 0.29) is 12.7 Å². The Hall–Kier alpha value is -1.56. The van der Waals surface area contributed by atoms with Crippen molar-refractivity contribution >= 4 is 23.4 Å². The minimum atomic E-state index is -1.81. The van der Waals surface area contributed by atoms with Crippen LogP contribution in [-0.2, 0) is 9.53 Å². The molecule has 0 spiro atoms. The Bertz CT molecular complexity index is 531. The minimum Gasteiger partial charge on any atom is -0.465 e. The van der Waals surface area contributed by atoms with Gasteiger partial charge in [0.2, 0.25) is 0 Å². The second-order valence-corrected chi connectivity index (χ2v) is 4.07. The smallest absolute Gasteiger partial charge is 0.332 e. The van der Waals surface area contributed by atoms with Gasteiger partial charge < -0.3 is 4.74 Å². The summed E-state index contributed by atoms with van der Waals surface area (Å²) in [6.07, 6.45) is 0. The highest BCUT2D eigenvalue weighted by Crippen LogP contribution is 2.22. The van der Waals surface area contributed by atoms with Crippen LogP contribution in [0.5, 0.6) is 0 Å². The minimum absolute atomic E-state index is 0.0193. The first-order chi connectivity index (χ1) is 8.81.